The van der Waals surface area contributed by atoms with E-state index in [-0.39, 0.29) is 22.5 Å². The average molecular weight is 273 g/mol. The lowest BCUT2D eigenvalue weighted by Crippen LogP contribution is -2.61. The van der Waals surface area contributed by atoms with E-state index in [2.05, 4.69) is 45.0 Å². The Hall–Kier alpha value is -1.51. The van der Waals surface area contributed by atoms with Crippen molar-refractivity contribution in [1.82, 2.24) is 4.90 Å². The molecule has 3 fully saturated rings. The van der Waals surface area contributed by atoms with Gasteiger partial charge in [0.2, 0.25) is 0 Å². The van der Waals surface area contributed by atoms with Crippen LogP contribution in [0.15, 0.2) is 30.3 Å². The maximum absolute atomic E-state index is 12.4. The molecule has 0 radical (unpaired) electrons. The molecule has 4 rings (SSSR count). The molecular formula is C17H23NO2. The minimum Gasteiger partial charge on any atom is -0.450 e. The second kappa shape index (κ2) is 4.00. The van der Waals surface area contributed by atoms with Crippen LogP contribution >= 0.6 is 0 Å². The van der Waals surface area contributed by atoms with E-state index in [1.54, 1.807) is 0 Å². The van der Waals surface area contributed by atoms with Gasteiger partial charge in [0.1, 0.15) is 0 Å². The number of carbonyl (C=O) groups is 1. The monoisotopic (exact) mass is 273 g/mol. The standard InChI is InChI=1S/C17H23NO2/c1-5-20-14(19)18-12-16(4)11-17(18,15(16,2)3)13-9-7-6-8-10-13/h6-10H,5,11-12H2,1-4H3. The fourth-order valence-electron chi connectivity index (χ4n) is 4.32. The Morgan fingerprint density at radius 3 is 2.45 bits per heavy atom. The number of hydrogen-bond donors (Lipinski definition) is 0. The van der Waals surface area contributed by atoms with Gasteiger partial charge in [-0.1, -0.05) is 51.1 Å². The predicted molar refractivity (Wildman–Crippen MR) is 78.4 cm³/mol. The van der Waals surface area contributed by atoms with Gasteiger partial charge in [-0.25, -0.2) is 4.79 Å². The molecule has 0 aromatic heterocycles. The summed E-state index contributed by atoms with van der Waals surface area (Å²) in [6.45, 7) is 9.92. The zero-order chi connectivity index (χ0) is 14.6. The molecule has 1 amide bonds. The minimum atomic E-state index is -0.213. The van der Waals surface area contributed by atoms with E-state index in [4.69, 9.17) is 4.74 Å². The summed E-state index contributed by atoms with van der Waals surface area (Å²) in [5.41, 5.74) is 1.26. The van der Waals surface area contributed by atoms with Crippen molar-refractivity contribution in [3.8, 4) is 0 Å². The molecule has 2 heterocycles. The number of hydrogen-bond acceptors (Lipinski definition) is 2. The second-order valence-electron chi connectivity index (χ2n) is 6.87. The van der Waals surface area contributed by atoms with Gasteiger partial charge in [0.25, 0.3) is 0 Å². The van der Waals surface area contributed by atoms with E-state index >= 15 is 0 Å². The summed E-state index contributed by atoms with van der Waals surface area (Å²) in [5, 5.41) is 0. The van der Waals surface area contributed by atoms with Crippen molar-refractivity contribution in [3.05, 3.63) is 35.9 Å². The van der Waals surface area contributed by atoms with Gasteiger partial charge in [-0.05, 0) is 29.7 Å². The van der Waals surface area contributed by atoms with Crippen LogP contribution in [-0.2, 0) is 10.3 Å². The number of carbonyl (C=O) groups excluding carboxylic acids is 1. The third-order valence-electron chi connectivity index (χ3n) is 5.90. The topological polar surface area (TPSA) is 29.5 Å². The first-order chi connectivity index (χ1) is 9.39. The third kappa shape index (κ3) is 1.33. The van der Waals surface area contributed by atoms with E-state index in [1.807, 2.05) is 17.9 Å². The molecule has 2 unspecified atom stereocenters. The van der Waals surface area contributed by atoms with Crippen LogP contribution in [0.25, 0.3) is 0 Å². The quantitative estimate of drug-likeness (QED) is 0.820. The highest BCUT2D eigenvalue weighted by molar-refractivity contribution is 5.72. The summed E-state index contributed by atoms with van der Waals surface area (Å²) in [5.74, 6) is 0. The SMILES string of the molecule is CCOC(=O)N1CC2(C)CC1(c1ccccc1)C2(C)C. The predicted octanol–water partition coefficient (Wildman–Crippen LogP) is 3.79. The van der Waals surface area contributed by atoms with Crippen molar-refractivity contribution in [2.45, 2.75) is 39.7 Å². The summed E-state index contributed by atoms with van der Waals surface area (Å²) in [6.07, 6.45) is 0.848. The third-order valence-corrected chi connectivity index (χ3v) is 5.90. The largest absolute Gasteiger partial charge is 0.450 e. The maximum atomic E-state index is 12.4. The molecule has 2 aliphatic heterocycles. The molecule has 2 saturated heterocycles. The van der Waals surface area contributed by atoms with Gasteiger partial charge in [0.05, 0.1) is 12.1 Å². The Morgan fingerprint density at radius 2 is 1.90 bits per heavy atom. The number of ether oxygens (including phenoxy) is 1. The normalized spacial score (nSPS) is 33.7. The van der Waals surface area contributed by atoms with Crippen LogP contribution in [0.2, 0.25) is 0 Å². The Kier molecular flexibility index (Phi) is 2.69. The van der Waals surface area contributed by atoms with Crippen molar-refractivity contribution < 1.29 is 9.53 Å². The Bertz CT molecular complexity index is 539. The van der Waals surface area contributed by atoms with E-state index in [9.17, 15) is 4.79 Å². The first kappa shape index (κ1) is 13.5. The highest BCUT2D eigenvalue weighted by Gasteiger charge is 2.77. The number of nitrogens with zero attached hydrogens (tertiary/aromatic N) is 1. The average Bonchev–Trinajstić information content (AvgIpc) is 2.86. The van der Waals surface area contributed by atoms with Crippen LogP contribution in [0, 0.1) is 10.8 Å². The maximum Gasteiger partial charge on any atom is 0.410 e. The first-order valence-electron chi connectivity index (χ1n) is 7.39. The van der Waals surface area contributed by atoms with E-state index in [1.165, 1.54) is 5.56 Å². The summed E-state index contributed by atoms with van der Waals surface area (Å²) in [6, 6.07) is 10.4. The van der Waals surface area contributed by atoms with Gasteiger partial charge < -0.3 is 4.74 Å². The molecule has 0 spiro atoms. The first-order valence-corrected chi connectivity index (χ1v) is 7.39. The van der Waals surface area contributed by atoms with Gasteiger partial charge in [-0.2, -0.15) is 0 Å². The van der Waals surface area contributed by atoms with Crippen LogP contribution in [0.5, 0.6) is 0 Å². The summed E-state index contributed by atoms with van der Waals surface area (Å²) >= 11 is 0. The molecule has 2 atom stereocenters. The van der Waals surface area contributed by atoms with Crippen LogP contribution < -0.4 is 0 Å². The molecule has 3 aliphatic rings. The molecule has 1 aromatic carbocycles. The Balaban J connectivity index is 2.08. The summed E-state index contributed by atoms with van der Waals surface area (Å²) in [7, 11) is 0. The van der Waals surface area contributed by atoms with Crippen molar-refractivity contribution in [2.24, 2.45) is 10.8 Å². The van der Waals surface area contributed by atoms with Gasteiger partial charge in [-0.3, -0.25) is 4.90 Å². The van der Waals surface area contributed by atoms with Crippen LogP contribution in [0.4, 0.5) is 4.79 Å². The lowest BCUT2D eigenvalue weighted by atomic mass is 9.44. The summed E-state index contributed by atoms with van der Waals surface area (Å²) in [4.78, 5) is 14.4. The molecule has 20 heavy (non-hydrogen) atoms. The van der Waals surface area contributed by atoms with Crippen LogP contribution in [0.3, 0.4) is 0 Å². The lowest BCUT2D eigenvalue weighted by Gasteiger charge is -2.61. The number of fused-ring (bicyclic) bond motifs is 1. The minimum absolute atomic E-state index is 0.0636. The zero-order valence-corrected chi connectivity index (χ0v) is 12.8. The number of rotatable bonds is 2. The Morgan fingerprint density at radius 1 is 1.25 bits per heavy atom. The molecular weight excluding hydrogens is 250 g/mol. The van der Waals surface area contributed by atoms with E-state index in [0.29, 0.717) is 6.61 Å². The van der Waals surface area contributed by atoms with Crippen LogP contribution in [0.1, 0.15) is 39.7 Å². The molecule has 1 saturated carbocycles. The zero-order valence-electron chi connectivity index (χ0n) is 12.8. The van der Waals surface area contributed by atoms with Gasteiger partial charge >= 0.3 is 6.09 Å². The van der Waals surface area contributed by atoms with Crippen molar-refractivity contribution in [3.63, 3.8) is 0 Å². The lowest BCUT2D eigenvalue weighted by molar-refractivity contribution is -0.0969. The molecule has 2 bridgehead atoms. The van der Waals surface area contributed by atoms with E-state index in [0.717, 1.165) is 13.0 Å². The molecule has 108 valence electrons. The smallest absolute Gasteiger partial charge is 0.410 e. The highest BCUT2D eigenvalue weighted by atomic mass is 16.6. The highest BCUT2D eigenvalue weighted by Crippen LogP contribution is 2.75. The van der Waals surface area contributed by atoms with Crippen molar-refractivity contribution in [2.75, 3.05) is 13.2 Å². The van der Waals surface area contributed by atoms with E-state index < -0.39 is 0 Å². The van der Waals surface area contributed by atoms with Crippen LogP contribution in [-0.4, -0.2) is 24.1 Å². The fraction of sp³-hybridized carbons (Fsp3) is 0.588. The second-order valence-corrected chi connectivity index (χ2v) is 6.87. The molecule has 1 aromatic rings. The van der Waals surface area contributed by atoms with Gasteiger partial charge in [-0.15, -0.1) is 0 Å². The number of benzene rings is 1. The van der Waals surface area contributed by atoms with Gasteiger partial charge in [0, 0.05) is 6.54 Å². The Labute approximate surface area is 120 Å². The van der Waals surface area contributed by atoms with Crippen molar-refractivity contribution in [1.29, 1.82) is 0 Å². The number of amides is 1. The summed E-state index contributed by atoms with van der Waals surface area (Å²) < 4.78 is 5.29. The molecule has 3 nitrogen and oxygen atoms in total. The molecule has 0 N–H and O–H groups in total. The molecule has 1 aliphatic carbocycles. The fourth-order valence-corrected chi connectivity index (χ4v) is 4.32. The van der Waals surface area contributed by atoms with Crippen molar-refractivity contribution >= 4 is 6.09 Å². The molecule has 3 heteroatoms. The van der Waals surface area contributed by atoms with Gasteiger partial charge in [0.15, 0.2) is 0 Å².